The number of aliphatic carboxylic acids is 1. The lowest BCUT2D eigenvalue weighted by Gasteiger charge is -2.07. The SMILES string of the molecule is O=C(O)C(O)c1cccc(Br)c1F. The number of carbonyl (C=O) groups is 1. The molecular formula is C8H6BrFO3. The van der Waals surface area contributed by atoms with Gasteiger partial charge in [0.1, 0.15) is 5.82 Å². The summed E-state index contributed by atoms with van der Waals surface area (Å²) in [5.41, 5.74) is -0.248. The van der Waals surface area contributed by atoms with Gasteiger partial charge in [0.15, 0.2) is 6.10 Å². The Morgan fingerprint density at radius 3 is 2.69 bits per heavy atom. The number of hydrogen-bond acceptors (Lipinski definition) is 2. The standard InChI is InChI=1S/C8H6BrFO3/c9-5-3-1-2-4(6(5)10)7(11)8(12)13/h1-3,7,11H,(H,12,13). The van der Waals surface area contributed by atoms with Crippen LogP contribution in [-0.2, 0) is 4.79 Å². The zero-order valence-electron chi connectivity index (χ0n) is 6.37. The zero-order valence-corrected chi connectivity index (χ0v) is 7.95. The molecule has 0 amide bonds. The van der Waals surface area contributed by atoms with E-state index in [4.69, 9.17) is 10.2 Å². The van der Waals surface area contributed by atoms with Crippen LogP contribution >= 0.6 is 15.9 Å². The minimum absolute atomic E-state index is 0.130. The Morgan fingerprint density at radius 1 is 1.54 bits per heavy atom. The van der Waals surface area contributed by atoms with Crippen molar-refractivity contribution in [2.45, 2.75) is 6.10 Å². The lowest BCUT2D eigenvalue weighted by molar-refractivity contribution is -0.147. The van der Waals surface area contributed by atoms with E-state index in [2.05, 4.69) is 15.9 Å². The quantitative estimate of drug-likeness (QED) is 0.838. The first-order valence-corrected chi connectivity index (χ1v) is 4.18. The van der Waals surface area contributed by atoms with Gasteiger partial charge in [0.05, 0.1) is 4.47 Å². The molecule has 70 valence electrons. The minimum Gasteiger partial charge on any atom is -0.479 e. The van der Waals surface area contributed by atoms with Crippen LogP contribution in [0.5, 0.6) is 0 Å². The van der Waals surface area contributed by atoms with Crippen LogP contribution in [0.1, 0.15) is 11.7 Å². The van der Waals surface area contributed by atoms with E-state index in [0.29, 0.717) is 0 Å². The lowest BCUT2D eigenvalue weighted by atomic mass is 10.1. The Kier molecular flexibility index (Phi) is 3.00. The van der Waals surface area contributed by atoms with E-state index in [9.17, 15) is 9.18 Å². The third-order valence-corrected chi connectivity index (χ3v) is 2.12. The normalized spacial score (nSPS) is 12.5. The molecule has 1 aromatic carbocycles. The van der Waals surface area contributed by atoms with Crippen molar-refractivity contribution in [3.8, 4) is 0 Å². The molecule has 1 aromatic rings. The first-order chi connectivity index (χ1) is 6.04. The zero-order chi connectivity index (χ0) is 10.0. The van der Waals surface area contributed by atoms with E-state index in [1.807, 2.05) is 0 Å². The summed E-state index contributed by atoms with van der Waals surface area (Å²) in [6.45, 7) is 0. The summed E-state index contributed by atoms with van der Waals surface area (Å²) in [5.74, 6) is -2.23. The smallest absolute Gasteiger partial charge is 0.337 e. The summed E-state index contributed by atoms with van der Waals surface area (Å²) < 4.78 is 13.3. The number of carboxylic acids is 1. The maximum Gasteiger partial charge on any atom is 0.337 e. The highest BCUT2D eigenvalue weighted by Crippen LogP contribution is 2.23. The second kappa shape index (κ2) is 3.85. The molecule has 0 aromatic heterocycles. The predicted octanol–water partition coefficient (Wildman–Crippen LogP) is 1.71. The molecule has 0 aliphatic heterocycles. The van der Waals surface area contributed by atoms with Crippen molar-refractivity contribution in [1.29, 1.82) is 0 Å². The molecule has 0 saturated carbocycles. The largest absolute Gasteiger partial charge is 0.479 e. The third kappa shape index (κ3) is 2.05. The van der Waals surface area contributed by atoms with Gasteiger partial charge in [-0.3, -0.25) is 0 Å². The number of carboxylic acid groups (broad SMARTS) is 1. The highest BCUT2D eigenvalue weighted by molar-refractivity contribution is 9.10. The molecular weight excluding hydrogens is 243 g/mol. The number of hydrogen-bond donors (Lipinski definition) is 2. The van der Waals surface area contributed by atoms with E-state index in [1.165, 1.54) is 18.2 Å². The lowest BCUT2D eigenvalue weighted by Crippen LogP contribution is -2.12. The van der Waals surface area contributed by atoms with E-state index in [1.54, 1.807) is 0 Å². The van der Waals surface area contributed by atoms with Crippen LogP contribution in [0.15, 0.2) is 22.7 Å². The second-order valence-electron chi connectivity index (χ2n) is 2.38. The van der Waals surface area contributed by atoms with Crippen LogP contribution in [-0.4, -0.2) is 16.2 Å². The minimum atomic E-state index is -1.82. The van der Waals surface area contributed by atoms with E-state index >= 15 is 0 Å². The fraction of sp³-hybridized carbons (Fsp3) is 0.125. The van der Waals surface area contributed by atoms with Crippen molar-refractivity contribution in [3.05, 3.63) is 34.1 Å². The molecule has 1 unspecified atom stereocenters. The van der Waals surface area contributed by atoms with Gasteiger partial charge in [-0.05, 0) is 22.0 Å². The number of aliphatic hydroxyl groups excluding tert-OH is 1. The fourth-order valence-electron chi connectivity index (χ4n) is 0.865. The molecule has 1 atom stereocenters. The first kappa shape index (κ1) is 10.1. The Bertz CT molecular complexity index is 340. The predicted molar refractivity (Wildman–Crippen MR) is 46.7 cm³/mol. The van der Waals surface area contributed by atoms with Crippen molar-refractivity contribution in [1.82, 2.24) is 0 Å². The van der Waals surface area contributed by atoms with Gasteiger partial charge in [-0.25, -0.2) is 9.18 Å². The number of benzene rings is 1. The third-order valence-electron chi connectivity index (χ3n) is 1.51. The number of rotatable bonds is 2. The Labute approximate surface area is 81.9 Å². The summed E-state index contributed by atoms with van der Waals surface area (Å²) in [6, 6.07) is 4.10. The molecule has 13 heavy (non-hydrogen) atoms. The number of halogens is 2. The molecule has 0 heterocycles. The molecule has 0 radical (unpaired) electrons. The van der Waals surface area contributed by atoms with Crippen molar-refractivity contribution >= 4 is 21.9 Å². The Balaban J connectivity index is 3.15. The van der Waals surface area contributed by atoms with Crippen LogP contribution in [0.4, 0.5) is 4.39 Å². The highest BCUT2D eigenvalue weighted by Gasteiger charge is 2.20. The van der Waals surface area contributed by atoms with Crippen LogP contribution in [0.25, 0.3) is 0 Å². The van der Waals surface area contributed by atoms with Crippen molar-refractivity contribution in [2.24, 2.45) is 0 Å². The summed E-state index contributed by atoms with van der Waals surface area (Å²) >= 11 is 2.88. The fourth-order valence-corrected chi connectivity index (χ4v) is 1.25. The van der Waals surface area contributed by atoms with Crippen molar-refractivity contribution in [2.75, 3.05) is 0 Å². The molecule has 5 heteroatoms. The average Bonchev–Trinajstić information content (AvgIpc) is 2.08. The molecule has 0 spiro atoms. The topological polar surface area (TPSA) is 57.5 Å². The van der Waals surface area contributed by atoms with Gasteiger partial charge >= 0.3 is 5.97 Å². The van der Waals surface area contributed by atoms with Crippen LogP contribution in [0.3, 0.4) is 0 Å². The summed E-state index contributed by atoms with van der Waals surface area (Å²) in [5, 5.41) is 17.5. The average molecular weight is 249 g/mol. The number of aliphatic hydroxyl groups is 1. The van der Waals surface area contributed by atoms with Crippen LogP contribution in [0, 0.1) is 5.82 Å². The van der Waals surface area contributed by atoms with Gasteiger partial charge in [-0.1, -0.05) is 12.1 Å². The molecule has 3 nitrogen and oxygen atoms in total. The second-order valence-corrected chi connectivity index (χ2v) is 3.24. The molecule has 0 aliphatic carbocycles. The van der Waals surface area contributed by atoms with Crippen LogP contribution in [0.2, 0.25) is 0 Å². The summed E-state index contributed by atoms with van der Waals surface area (Å²) in [4.78, 5) is 10.3. The van der Waals surface area contributed by atoms with Gasteiger partial charge in [-0.15, -0.1) is 0 Å². The molecule has 0 fully saturated rings. The summed E-state index contributed by atoms with van der Waals surface area (Å²) in [7, 11) is 0. The Morgan fingerprint density at radius 2 is 2.15 bits per heavy atom. The summed E-state index contributed by atoms with van der Waals surface area (Å²) in [6.07, 6.45) is -1.82. The molecule has 0 saturated heterocycles. The van der Waals surface area contributed by atoms with Gasteiger partial charge in [0.2, 0.25) is 0 Å². The van der Waals surface area contributed by atoms with E-state index in [-0.39, 0.29) is 10.0 Å². The van der Waals surface area contributed by atoms with Crippen molar-refractivity contribution < 1.29 is 19.4 Å². The van der Waals surface area contributed by atoms with Gasteiger partial charge in [0, 0.05) is 5.56 Å². The van der Waals surface area contributed by atoms with Crippen molar-refractivity contribution in [3.63, 3.8) is 0 Å². The maximum atomic E-state index is 13.1. The molecule has 0 aliphatic rings. The van der Waals surface area contributed by atoms with Crippen LogP contribution < -0.4 is 0 Å². The molecule has 1 rings (SSSR count). The van der Waals surface area contributed by atoms with E-state index in [0.717, 1.165) is 0 Å². The molecule has 0 bridgehead atoms. The first-order valence-electron chi connectivity index (χ1n) is 3.39. The Hall–Kier alpha value is -0.940. The monoisotopic (exact) mass is 248 g/mol. The highest BCUT2D eigenvalue weighted by atomic mass is 79.9. The molecule has 2 N–H and O–H groups in total. The van der Waals surface area contributed by atoms with Gasteiger partial charge in [0.25, 0.3) is 0 Å². The van der Waals surface area contributed by atoms with Gasteiger partial charge in [-0.2, -0.15) is 0 Å². The van der Waals surface area contributed by atoms with E-state index < -0.39 is 17.9 Å². The maximum absolute atomic E-state index is 13.1. The van der Waals surface area contributed by atoms with Gasteiger partial charge < -0.3 is 10.2 Å².